The van der Waals surface area contributed by atoms with Crippen molar-refractivity contribution in [2.24, 2.45) is 17.8 Å². The van der Waals surface area contributed by atoms with Gasteiger partial charge >= 0.3 is 12.0 Å². The number of fused-ring (bicyclic) bond motifs is 2. The second-order valence-electron chi connectivity index (χ2n) is 14.6. The van der Waals surface area contributed by atoms with Crippen LogP contribution in [0.5, 0.6) is 11.8 Å². The molecule has 3 aliphatic rings. The van der Waals surface area contributed by atoms with Gasteiger partial charge in [-0.15, -0.1) is 0 Å². The van der Waals surface area contributed by atoms with Gasteiger partial charge < -0.3 is 29.3 Å². The molecule has 12 heteroatoms. The molecule has 1 aliphatic carbocycles. The highest BCUT2D eigenvalue weighted by atomic mass is 16.5. The highest BCUT2D eigenvalue weighted by molar-refractivity contribution is 5.95. The lowest BCUT2D eigenvalue weighted by molar-refractivity contribution is -0.150. The van der Waals surface area contributed by atoms with Crippen LogP contribution in [0.2, 0.25) is 0 Å². The molecule has 3 aromatic rings. The van der Waals surface area contributed by atoms with E-state index < -0.39 is 11.6 Å². The Hall–Kier alpha value is -4.87. The van der Waals surface area contributed by atoms with E-state index in [1.54, 1.807) is 18.9 Å². The second kappa shape index (κ2) is 18.3. The van der Waals surface area contributed by atoms with Gasteiger partial charge in [-0.1, -0.05) is 88.4 Å². The topological polar surface area (TPSA) is 143 Å². The van der Waals surface area contributed by atoms with E-state index >= 15 is 0 Å². The lowest BCUT2D eigenvalue weighted by atomic mass is 9.94. The van der Waals surface area contributed by atoms with Gasteiger partial charge in [0.15, 0.2) is 0 Å². The van der Waals surface area contributed by atoms with Gasteiger partial charge in [0.25, 0.3) is 11.6 Å². The Bertz CT molecular complexity index is 1740. The number of esters is 1. The predicted octanol–water partition coefficient (Wildman–Crippen LogP) is 6.45. The molecule has 0 radical (unpaired) electrons. The molecule has 12 nitrogen and oxygen atoms in total. The van der Waals surface area contributed by atoms with Crippen LogP contribution in [-0.4, -0.2) is 83.2 Å². The van der Waals surface area contributed by atoms with Crippen LogP contribution >= 0.6 is 0 Å². The SMILES string of the molecule is CCOC(=O)[C@@]12C[C@H]1C(C)CCCCCCCN(Cc1ccc(OC)cc1)C(=O)N1C[C@H](C)C[C@H]1C(=O)N2.COc1nc(-c2ccccc2)cc(=O)[nH]1.[HH]. The number of carbonyl (C=O) groups excluding carboxylic acids is 3. The van der Waals surface area contributed by atoms with E-state index in [-0.39, 0.29) is 49.3 Å². The Morgan fingerprint density at radius 3 is 2.38 bits per heavy atom. The van der Waals surface area contributed by atoms with Crippen LogP contribution in [0.15, 0.2) is 65.5 Å². The zero-order chi connectivity index (χ0) is 38.0. The average Bonchev–Trinajstić information content (AvgIpc) is 3.77. The number of benzene rings is 2. The predicted molar refractivity (Wildman–Crippen MR) is 205 cm³/mol. The maximum absolute atomic E-state index is 14.0. The van der Waals surface area contributed by atoms with Gasteiger partial charge in [0.05, 0.1) is 26.5 Å². The van der Waals surface area contributed by atoms with Gasteiger partial charge in [-0.25, -0.2) is 9.59 Å². The van der Waals surface area contributed by atoms with Gasteiger partial charge in [-0.05, 0) is 61.6 Å². The summed E-state index contributed by atoms with van der Waals surface area (Å²) in [5.41, 5.74) is 1.34. The minimum absolute atomic E-state index is 0. The first-order valence-electron chi connectivity index (χ1n) is 19.0. The summed E-state index contributed by atoms with van der Waals surface area (Å²) >= 11 is 0. The monoisotopic (exact) mass is 731 g/mol. The molecular weight excluding hydrogens is 674 g/mol. The molecule has 53 heavy (non-hydrogen) atoms. The highest BCUT2D eigenvalue weighted by Crippen LogP contribution is 2.51. The molecule has 288 valence electrons. The van der Waals surface area contributed by atoms with Crippen molar-refractivity contribution in [2.45, 2.75) is 90.3 Å². The molecule has 1 unspecified atom stereocenters. The van der Waals surface area contributed by atoms with Crippen LogP contribution in [0.4, 0.5) is 4.79 Å². The number of aromatic nitrogens is 2. The Morgan fingerprint density at radius 2 is 1.68 bits per heavy atom. The summed E-state index contributed by atoms with van der Waals surface area (Å²) in [5, 5.41) is 3.11. The number of ether oxygens (including phenoxy) is 3. The fraction of sp³-hybridized carbons (Fsp3) is 0.537. The normalized spacial score (nSPS) is 24.8. The molecule has 5 atom stereocenters. The Labute approximate surface area is 314 Å². The zero-order valence-electron chi connectivity index (χ0n) is 31.8. The van der Waals surface area contributed by atoms with Crippen molar-refractivity contribution in [3.63, 3.8) is 0 Å². The van der Waals surface area contributed by atoms with Gasteiger partial charge in [-0.2, -0.15) is 4.98 Å². The second-order valence-corrected chi connectivity index (χ2v) is 14.6. The molecular formula is C41H57N5O7. The third kappa shape index (κ3) is 9.97. The van der Waals surface area contributed by atoms with E-state index in [0.29, 0.717) is 44.1 Å². The molecule has 1 aromatic heterocycles. The molecule has 6 rings (SSSR count). The smallest absolute Gasteiger partial charge is 0.332 e. The number of carbonyl (C=O) groups is 3. The highest BCUT2D eigenvalue weighted by Gasteiger charge is 2.64. The van der Waals surface area contributed by atoms with Gasteiger partial charge in [-0.3, -0.25) is 14.6 Å². The molecule has 2 aliphatic heterocycles. The minimum atomic E-state index is -0.965. The van der Waals surface area contributed by atoms with Crippen LogP contribution in [0.25, 0.3) is 11.3 Å². The number of urea groups is 1. The Morgan fingerprint density at radius 1 is 0.962 bits per heavy atom. The summed E-state index contributed by atoms with van der Waals surface area (Å²) in [6.45, 7) is 8.00. The summed E-state index contributed by atoms with van der Waals surface area (Å²) in [5.74, 6) is 0.813. The number of H-pyrrole nitrogens is 1. The summed E-state index contributed by atoms with van der Waals surface area (Å²) in [6.07, 6.45) is 7.61. The molecule has 1 saturated carbocycles. The largest absolute Gasteiger partial charge is 0.497 e. The fourth-order valence-electron chi connectivity index (χ4n) is 7.64. The third-order valence-corrected chi connectivity index (χ3v) is 10.6. The van der Waals surface area contributed by atoms with Crippen molar-refractivity contribution in [1.29, 1.82) is 0 Å². The first-order valence-corrected chi connectivity index (χ1v) is 19.0. The number of aromatic amines is 1. The lowest BCUT2D eigenvalue weighted by Gasteiger charge is -2.32. The van der Waals surface area contributed by atoms with Gasteiger partial charge in [0.1, 0.15) is 17.3 Å². The molecule has 2 aromatic carbocycles. The summed E-state index contributed by atoms with van der Waals surface area (Å²) in [6, 6.07) is 18.2. The summed E-state index contributed by atoms with van der Waals surface area (Å²) in [4.78, 5) is 62.3. The van der Waals surface area contributed by atoms with Crippen molar-refractivity contribution >= 4 is 17.9 Å². The number of hydrogen-bond acceptors (Lipinski definition) is 8. The molecule has 3 heterocycles. The lowest BCUT2D eigenvalue weighted by Crippen LogP contribution is -2.55. The zero-order valence-corrected chi connectivity index (χ0v) is 31.8. The van der Waals surface area contributed by atoms with E-state index in [1.165, 1.54) is 13.2 Å². The van der Waals surface area contributed by atoms with E-state index in [0.717, 1.165) is 55.4 Å². The standard InChI is InChI=1S/C30H45N3O5.C11H10N2O2.H2/c1-5-38-28(35)30-18-25(30)22(3)11-9-7-6-8-10-16-32(20-23-12-14-24(37-4)15-13-23)29(36)33-19-21(2)17-26(33)27(34)31-30;1-15-11-12-9(7-10(14)13-11)8-5-3-2-4-6-8;/h12-15,21-22,25-26H,5-11,16-20H2,1-4H3,(H,31,34);2-7H,1H3,(H,12,13,14);1H/t21-,22?,25+,26+,30-;;/m1../s1. The van der Waals surface area contributed by atoms with Crippen molar-refractivity contribution in [1.82, 2.24) is 25.1 Å². The first-order chi connectivity index (χ1) is 25.6. The van der Waals surface area contributed by atoms with Crippen LogP contribution in [-0.2, 0) is 20.9 Å². The van der Waals surface area contributed by atoms with E-state index in [4.69, 9.17) is 14.2 Å². The van der Waals surface area contributed by atoms with Crippen LogP contribution in [0, 0.1) is 17.8 Å². The third-order valence-electron chi connectivity index (χ3n) is 10.6. The van der Waals surface area contributed by atoms with Crippen molar-refractivity contribution < 1.29 is 30.0 Å². The molecule has 0 bridgehead atoms. The number of amides is 3. The van der Waals surface area contributed by atoms with Crippen LogP contribution in [0.1, 0.15) is 79.1 Å². The summed E-state index contributed by atoms with van der Waals surface area (Å²) in [7, 11) is 3.10. The van der Waals surface area contributed by atoms with E-state index in [9.17, 15) is 19.2 Å². The number of hydrogen-bond donors (Lipinski definition) is 2. The van der Waals surface area contributed by atoms with Crippen LogP contribution < -0.4 is 20.3 Å². The number of methoxy groups -OCH3 is 2. The number of nitrogens with one attached hydrogen (secondary N) is 2. The minimum Gasteiger partial charge on any atom is -0.497 e. The van der Waals surface area contributed by atoms with E-state index in [2.05, 4.69) is 29.1 Å². The Balaban J connectivity index is 0.000000339. The molecule has 0 spiro atoms. The molecule has 2 N–H and O–H groups in total. The van der Waals surface area contributed by atoms with Crippen molar-refractivity contribution in [3.8, 4) is 23.0 Å². The fourth-order valence-corrected chi connectivity index (χ4v) is 7.64. The number of nitrogens with zero attached hydrogens (tertiary/aromatic N) is 3. The molecule has 2 saturated heterocycles. The molecule has 3 fully saturated rings. The van der Waals surface area contributed by atoms with Crippen molar-refractivity contribution in [3.05, 3.63) is 76.6 Å². The van der Waals surface area contributed by atoms with Crippen molar-refractivity contribution in [2.75, 3.05) is 33.9 Å². The average molecular weight is 732 g/mol. The first kappa shape index (κ1) is 39.3. The van der Waals surface area contributed by atoms with E-state index in [1.807, 2.05) is 59.5 Å². The summed E-state index contributed by atoms with van der Waals surface area (Å²) < 4.78 is 15.6. The maximum Gasteiger partial charge on any atom is 0.332 e. The number of rotatable bonds is 7. The quantitative estimate of drug-likeness (QED) is 0.264. The van der Waals surface area contributed by atoms with Crippen LogP contribution in [0.3, 0.4) is 0 Å². The maximum atomic E-state index is 14.0. The van der Waals surface area contributed by atoms with Gasteiger partial charge in [0.2, 0.25) is 5.91 Å². The molecule has 3 amide bonds. The Kier molecular flexibility index (Phi) is 13.5. The van der Waals surface area contributed by atoms with Gasteiger partial charge in [0, 0.05) is 32.7 Å².